The standard InChI is InChI=1S/C21H33N5O.HI/c1-6-16(7-2)20-12-19(27-25-20)14-24-21(22-3)23-13-17-10-8-9-11-18(17)15-26(4)5;/h8-12,16H,6-7,13-15H2,1-5H3,(H2,22,23,24);1H. The van der Waals surface area contributed by atoms with Gasteiger partial charge in [0.05, 0.1) is 12.2 Å². The molecule has 0 saturated heterocycles. The zero-order valence-corrected chi connectivity index (χ0v) is 20.0. The van der Waals surface area contributed by atoms with Gasteiger partial charge in [-0.1, -0.05) is 43.3 Å². The quantitative estimate of drug-likeness (QED) is 0.309. The molecule has 0 spiro atoms. The number of aliphatic imine (C=N–C) groups is 1. The maximum absolute atomic E-state index is 5.47. The summed E-state index contributed by atoms with van der Waals surface area (Å²) >= 11 is 0. The summed E-state index contributed by atoms with van der Waals surface area (Å²) < 4.78 is 5.47. The van der Waals surface area contributed by atoms with Crippen molar-refractivity contribution in [3.05, 3.63) is 52.9 Å². The SMILES string of the molecule is CCC(CC)c1cc(CNC(=NC)NCc2ccccc2CN(C)C)on1.I. The van der Waals surface area contributed by atoms with Crippen molar-refractivity contribution in [1.82, 2.24) is 20.7 Å². The van der Waals surface area contributed by atoms with Crippen LogP contribution in [0.25, 0.3) is 0 Å². The predicted molar refractivity (Wildman–Crippen MR) is 126 cm³/mol. The molecule has 0 bridgehead atoms. The average Bonchev–Trinajstić information content (AvgIpc) is 3.12. The number of halogens is 1. The lowest BCUT2D eigenvalue weighted by Gasteiger charge is -2.16. The van der Waals surface area contributed by atoms with E-state index in [1.807, 2.05) is 6.07 Å². The lowest BCUT2D eigenvalue weighted by Crippen LogP contribution is -2.36. The summed E-state index contributed by atoms with van der Waals surface area (Å²) in [5, 5.41) is 10.9. The van der Waals surface area contributed by atoms with E-state index in [9.17, 15) is 0 Å². The molecule has 6 nitrogen and oxygen atoms in total. The number of nitrogens with zero attached hydrogens (tertiary/aromatic N) is 3. The number of hydrogen-bond acceptors (Lipinski definition) is 4. The number of guanidine groups is 1. The van der Waals surface area contributed by atoms with Crippen LogP contribution in [-0.4, -0.2) is 37.2 Å². The van der Waals surface area contributed by atoms with Gasteiger partial charge in [-0.2, -0.15) is 0 Å². The van der Waals surface area contributed by atoms with Crippen molar-refractivity contribution in [3.8, 4) is 0 Å². The highest BCUT2D eigenvalue weighted by Crippen LogP contribution is 2.22. The molecule has 0 fully saturated rings. The molecule has 0 saturated carbocycles. The average molecular weight is 499 g/mol. The van der Waals surface area contributed by atoms with E-state index >= 15 is 0 Å². The van der Waals surface area contributed by atoms with Gasteiger partial charge in [-0.25, -0.2) is 0 Å². The van der Waals surface area contributed by atoms with Crippen LogP contribution in [0.1, 0.15) is 55.2 Å². The molecule has 28 heavy (non-hydrogen) atoms. The largest absolute Gasteiger partial charge is 0.359 e. The van der Waals surface area contributed by atoms with E-state index in [1.165, 1.54) is 11.1 Å². The fourth-order valence-corrected chi connectivity index (χ4v) is 3.11. The summed E-state index contributed by atoms with van der Waals surface area (Å²) in [5.74, 6) is 2.04. The van der Waals surface area contributed by atoms with Crippen LogP contribution in [-0.2, 0) is 19.6 Å². The molecule has 1 aromatic carbocycles. The first kappa shape index (κ1) is 24.4. The summed E-state index contributed by atoms with van der Waals surface area (Å²) in [4.78, 5) is 6.48. The van der Waals surface area contributed by atoms with Crippen molar-refractivity contribution < 1.29 is 4.52 Å². The van der Waals surface area contributed by atoms with Gasteiger partial charge >= 0.3 is 0 Å². The Morgan fingerprint density at radius 2 is 1.75 bits per heavy atom. The van der Waals surface area contributed by atoms with Gasteiger partial charge in [-0.15, -0.1) is 24.0 Å². The van der Waals surface area contributed by atoms with Crippen LogP contribution in [0, 0.1) is 0 Å². The van der Waals surface area contributed by atoms with Crippen LogP contribution in [0.5, 0.6) is 0 Å². The maximum Gasteiger partial charge on any atom is 0.191 e. The first-order valence-corrected chi connectivity index (χ1v) is 9.68. The van der Waals surface area contributed by atoms with Gasteiger partial charge in [-0.05, 0) is 38.1 Å². The number of rotatable bonds is 9. The molecule has 0 radical (unpaired) electrons. The maximum atomic E-state index is 5.47. The first-order chi connectivity index (χ1) is 13.1. The zero-order valence-electron chi connectivity index (χ0n) is 17.7. The van der Waals surface area contributed by atoms with E-state index in [-0.39, 0.29) is 24.0 Å². The highest BCUT2D eigenvalue weighted by Gasteiger charge is 2.13. The molecule has 0 atom stereocenters. The molecule has 7 heteroatoms. The van der Waals surface area contributed by atoms with E-state index in [4.69, 9.17) is 4.52 Å². The first-order valence-electron chi connectivity index (χ1n) is 9.68. The van der Waals surface area contributed by atoms with Crippen molar-refractivity contribution in [2.75, 3.05) is 21.1 Å². The zero-order chi connectivity index (χ0) is 19.6. The van der Waals surface area contributed by atoms with Gasteiger partial charge in [0, 0.05) is 32.1 Å². The van der Waals surface area contributed by atoms with E-state index in [0.717, 1.165) is 43.3 Å². The Kier molecular flexibility index (Phi) is 11.1. The predicted octanol–water partition coefficient (Wildman–Crippen LogP) is 4.12. The van der Waals surface area contributed by atoms with Crippen molar-refractivity contribution in [2.24, 2.45) is 4.99 Å². The normalized spacial score (nSPS) is 11.6. The molecule has 1 heterocycles. The highest BCUT2D eigenvalue weighted by molar-refractivity contribution is 14.0. The number of benzene rings is 1. The molecule has 2 N–H and O–H groups in total. The molecule has 0 aliphatic rings. The Morgan fingerprint density at radius 3 is 2.36 bits per heavy atom. The Bertz CT molecular complexity index is 725. The minimum atomic E-state index is 0. The smallest absolute Gasteiger partial charge is 0.191 e. The van der Waals surface area contributed by atoms with Gasteiger partial charge in [-0.3, -0.25) is 4.99 Å². The van der Waals surface area contributed by atoms with Crippen LogP contribution >= 0.6 is 24.0 Å². The van der Waals surface area contributed by atoms with Crippen LogP contribution in [0.3, 0.4) is 0 Å². The van der Waals surface area contributed by atoms with Crippen molar-refractivity contribution >= 4 is 29.9 Å². The highest BCUT2D eigenvalue weighted by atomic mass is 127. The van der Waals surface area contributed by atoms with Crippen molar-refractivity contribution in [3.63, 3.8) is 0 Å². The topological polar surface area (TPSA) is 65.7 Å². The number of aromatic nitrogens is 1. The Labute approximate surface area is 186 Å². The molecule has 0 unspecified atom stereocenters. The van der Waals surface area contributed by atoms with Crippen molar-refractivity contribution in [1.29, 1.82) is 0 Å². The lowest BCUT2D eigenvalue weighted by molar-refractivity contribution is 0.368. The molecular weight excluding hydrogens is 465 g/mol. The summed E-state index contributed by atoms with van der Waals surface area (Å²) in [6, 6.07) is 10.5. The molecular formula is C21H34IN5O. The fraction of sp³-hybridized carbons (Fsp3) is 0.524. The lowest BCUT2D eigenvalue weighted by atomic mass is 9.99. The molecule has 2 aromatic rings. The van der Waals surface area contributed by atoms with Gasteiger partial charge in [0.1, 0.15) is 0 Å². The Balaban J connectivity index is 0.00000392. The minimum absolute atomic E-state index is 0. The summed E-state index contributed by atoms with van der Waals surface area (Å²) in [6.45, 7) is 6.56. The van der Waals surface area contributed by atoms with Crippen LogP contribution in [0.15, 0.2) is 39.8 Å². The molecule has 1 aromatic heterocycles. The molecule has 0 aliphatic heterocycles. The minimum Gasteiger partial charge on any atom is -0.359 e. The van der Waals surface area contributed by atoms with E-state index in [1.54, 1.807) is 7.05 Å². The third-order valence-corrected chi connectivity index (χ3v) is 4.69. The van der Waals surface area contributed by atoms with E-state index < -0.39 is 0 Å². The molecule has 0 aliphatic carbocycles. The molecule has 2 rings (SSSR count). The van der Waals surface area contributed by atoms with Gasteiger partial charge < -0.3 is 20.1 Å². The third kappa shape index (κ3) is 7.43. The van der Waals surface area contributed by atoms with Crippen LogP contribution < -0.4 is 10.6 Å². The van der Waals surface area contributed by atoms with Crippen LogP contribution in [0.4, 0.5) is 0 Å². The summed E-state index contributed by atoms with van der Waals surface area (Å²) in [7, 11) is 5.94. The van der Waals surface area contributed by atoms with Crippen LogP contribution in [0.2, 0.25) is 0 Å². The molecule has 0 amide bonds. The van der Waals surface area contributed by atoms with Gasteiger partial charge in [0.2, 0.25) is 0 Å². The summed E-state index contributed by atoms with van der Waals surface area (Å²) in [5.41, 5.74) is 3.62. The van der Waals surface area contributed by atoms with E-state index in [0.29, 0.717) is 12.5 Å². The number of nitrogens with one attached hydrogen (secondary N) is 2. The van der Waals surface area contributed by atoms with Gasteiger partial charge in [0.25, 0.3) is 0 Å². The summed E-state index contributed by atoms with van der Waals surface area (Å²) in [6.07, 6.45) is 2.15. The van der Waals surface area contributed by atoms with E-state index in [2.05, 4.69) is 77.9 Å². The Hall–Kier alpha value is -1.61. The van der Waals surface area contributed by atoms with Gasteiger partial charge in [0.15, 0.2) is 11.7 Å². The fourth-order valence-electron chi connectivity index (χ4n) is 3.11. The second-order valence-corrected chi connectivity index (χ2v) is 7.02. The Morgan fingerprint density at radius 1 is 1.11 bits per heavy atom. The monoisotopic (exact) mass is 499 g/mol. The second kappa shape index (κ2) is 12.8. The molecule has 156 valence electrons. The van der Waals surface area contributed by atoms with Crippen molar-refractivity contribution in [2.45, 2.75) is 52.2 Å². The number of hydrogen-bond donors (Lipinski definition) is 2. The second-order valence-electron chi connectivity index (χ2n) is 7.02. The third-order valence-electron chi connectivity index (χ3n) is 4.69.